The summed E-state index contributed by atoms with van der Waals surface area (Å²) in [5.74, 6) is 2.15. The average Bonchev–Trinajstić information content (AvgIpc) is 2.17. The molecule has 0 bridgehead atoms. The van der Waals surface area contributed by atoms with E-state index in [-0.39, 0.29) is 12.3 Å². The quantitative estimate of drug-likeness (QED) is 0.443. The summed E-state index contributed by atoms with van der Waals surface area (Å²) >= 11 is 0. The lowest BCUT2D eigenvalue weighted by atomic mass is 10.2. The zero-order chi connectivity index (χ0) is 10.8. The molecule has 0 aromatic rings. The fraction of sp³-hybridized carbons (Fsp3) is 0.700. The molecule has 0 saturated carbocycles. The summed E-state index contributed by atoms with van der Waals surface area (Å²) in [4.78, 5) is 11.2. The summed E-state index contributed by atoms with van der Waals surface area (Å²) in [6, 6.07) is -0.591. The van der Waals surface area contributed by atoms with Crippen molar-refractivity contribution < 1.29 is 9.53 Å². The Morgan fingerprint density at radius 2 is 2.43 bits per heavy atom. The van der Waals surface area contributed by atoms with Gasteiger partial charge in [0.05, 0.1) is 6.04 Å². The fourth-order valence-electron chi connectivity index (χ4n) is 0.881. The van der Waals surface area contributed by atoms with E-state index in [4.69, 9.17) is 16.9 Å². The van der Waals surface area contributed by atoms with Crippen LogP contribution in [0.2, 0.25) is 0 Å². The molecule has 0 fully saturated rings. The zero-order valence-electron chi connectivity index (χ0n) is 8.58. The van der Waals surface area contributed by atoms with Crippen molar-refractivity contribution in [2.24, 2.45) is 5.73 Å². The Balaban J connectivity index is 3.40. The minimum Gasteiger partial charge on any atom is -0.382 e. The number of ether oxygens (including phenoxy) is 1. The molecule has 4 heteroatoms. The van der Waals surface area contributed by atoms with Gasteiger partial charge in [0, 0.05) is 26.2 Å². The highest BCUT2D eigenvalue weighted by atomic mass is 16.5. The van der Waals surface area contributed by atoms with Gasteiger partial charge in [-0.05, 0) is 13.3 Å². The number of hydrogen-bond acceptors (Lipinski definition) is 3. The second-order valence-electron chi connectivity index (χ2n) is 2.86. The van der Waals surface area contributed by atoms with Gasteiger partial charge < -0.3 is 15.8 Å². The van der Waals surface area contributed by atoms with Crippen LogP contribution in [-0.2, 0) is 9.53 Å². The van der Waals surface area contributed by atoms with E-state index in [0.717, 1.165) is 6.42 Å². The van der Waals surface area contributed by atoms with E-state index in [1.54, 1.807) is 0 Å². The SMILES string of the molecule is C#CCC(N)C(=O)NCCCOCC. The largest absolute Gasteiger partial charge is 0.382 e. The van der Waals surface area contributed by atoms with Gasteiger partial charge in [0.15, 0.2) is 0 Å². The molecule has 3 N–H and O–H groups in total. The highest BCUT2D eigenvalue weighted by Gasteiger charge is 2.10. The van der Waals surface area contributed by atoms with Gasteiger partial charge in [0.25, 0.3) is 0 Å². The van der Waals surface area contributed by atoms with E-state index in [1.165, 1.54) is 0 Å². The summed E-state index contributed by atoms with van der Waals surface area (Å²) in [7, 11) is 0. The molecule has 1 amide bonds. The first-order valence-electron chi connectivity index (χ1n) is 4.76. The van der Waals surface area contributed by atoms with Crippen molar-refractivity contribution in [3.63, 3.8) is 0 Å². The highest BCUT2D eigenvalue weighted by Crippen LogP contribution is 1.86. The van der Waals surface area contributed by atoms with E-state index < -0.39 is 6.04 Å². The molecule has 0 aliphatic heterocycles. The Morgan fingerprint density at radius 1 is 1.71 bits per heavy atom. The van der Waals surface area contributed by atoms with Crippen LogP contribution in [0, 0.1) is 12.3 Å². The van der Waals surface area contributed by atoms with Gasteiger partial charge in [-0.15, -0.1) is 12.3 Å². The summed E-state index contributed by atoms with van der Waals surface area (Å²) in [6.07, 6.45) is 6.10. The first-order chi connectivity index (χ1) is 6.72. The molecule has 1 unspecified atom stereocenters. The van der Waals surface area contributed by atoms with Crippen LogP contribution in [0.25, 0.3) is 0 Å². The van der Waals surface area contributed by atoms with Gasteiger partial charge in [-0.1, -0.05) is 0 Å². The van der Waals surface area contributed by atoms with Crippen LogP contribution < -0.4 is 11.1 Å². The van der Waals surface area contributed by atoms with Crippen molar-refractivity contribution in [1.82, 2.24) is 5.32 Å². The number of carbonyl (C=O) groups is 1. The van der Waals surface area contributed by atoms with Gasteiger partial charge in [-0.2, -0.15) is 0 Å². The number of terminal acetylenes is 1. The Labute approximate surface area is 85.2 Å². The molecule has 0 aliphatic rings. The molecule has 0 heterocycles. The molecule has 14 heavy (non-hydrogen) atoms. The molecule has 4 nitrogen and oxygen atoms in total. The first kappa shape index (κ1) is 12.9. The maximum atomic E-state index is 11.2. The minimum atomic E-state index is -0.591. The third-order valence-corrected chi connectivity index (χ3v) is 1.64. The fourth-order valence-corrected chi connectivity index (χ4v) is 0.881. The number of nitrogens with one attached hydrogen (secondary N) is 1. The highest BCUT2D eigenvalue weighted by molar-refractivity contribution is 5.81. The molecule has 0 rings (SSSR count). The lowest BCUT2D eigenvalue weighted by Crippen LogP contribution is -2.40. The van der Waals surface area contributed by atoms with Crippen LogP contribution in [0.5, 0.6) is 0 Å². The van der Waals surface area contributed by atoms with Crippen LogP contribution in [0.15, 0.2) is 0 Å². The molecule has 80 valence electrons. The predicted octanol–water partition coefficient (Wildman–Crippen LogP) is -0.120. The Hall–Kier alpha value is -1.05. The molecule has 0 aromatic heterocycles. The summed E-state index contributed by atoms with van der Waals surface area (Å²) in [5.41, 5.74) is 5.48. The van der Waals surface area contributed by atoms with E-state index in [2.05, 4.69) is 11.2 Å². The van der Waals surface area contributed by atoms with Crippen LogP contribution in [0.3, 0.4) is 0 Å². The molecule has 0 aromatic carbocycles. The van der Waals surface area contributed by atoms with Crippen molar-refractivity contribution >= 4 is 5.91 Å². The van der Waals surface area contributed by atoms with Crippen molar-refractivity contribution in [1.29, 1.82) is 0 Å². The summed E-state index contributed by atoms with van der Waals surface area (Å²) in [5, 5.41) is 2.69. The van der Waals surface area contributed by atoms with E-state index in [9.17, 15) is 4.79 Å². The second-order valence-corrected chi connectivity index (χ2v) is 2.86. The topological polar surface area (TPSA) is 64.4 Å². The normalized spacial score (nSPS) is 11.8. The van der Waals surface area contributed by atoms with Crippen molar-refractivity contribution in [3.05, 3.63) is 0 Å². The molecular formula is C10H18N2O2. The molecular weight excluding hydrogens is 180 g/mol. The Bertz CT molecular complexity index is 199. The lowest BCUT2D eigenvalue weighted by Gasteiger charge is -2.09. The van der Waals surface area contributed by atoms with Crippen molar-refractivity contribution in [2.45, 2.75) is 25.8 Å². The van der Waals surface area contributed by atoms with E-state index in [0.29, 0.717) is 19.8 Å². The van der Waals surface area contributed by atoms with Gasteiger partial charge in [0.1, 0.15) is 0 Å². The molecule has 1 atom stereocenters. The molecule has 0 aliphatic carbocycles. The van der Waals surface area contributed by atoms with E-state index in [1.807, 2.05) is 6.92 Å². The van der Waals surface area contributed by atoms with Crippen molar-refractivity contribution in [3.8, 4) is 12.3 Å². The van der Waals surface area contributed by atoms with Gasteiger partial charge >= 0.3 is 0 Å². The maximum Gasteiger partial charge on any atom is 0.237 e. The first-order valence-corrected chi connectivity index (χ1v) is 4.76. The summed E-state index contributed by atoms with van der Waals surface area (Å²) < 4.78 is 5.11. The van der Waals surface area contributed by atoms with Gasteiger partial charge in [-0.25, -0.2) is 0 Å². The van der Waals surface area contributed by atoms with Gasteiger partial charge in [-0.3, -0.25) is 4.79 Å². The van der Waals surface area contributed by atoms with Crippen LogP contribution >= 0.6 is 0 Å². The number of rotatable bonds is 7. The van der Waals surface area contributed by atoms with Crippen molar-refractivity contribution in [2.75, 3.05) is 19.8 Å². The minimum absolute atomic E-state index is 0.195. The summed E-state index contributed by atoms with van der Waals surface area (Å²) in [6.45, 7) is 3.87. The second kappa shape index (κ2) is 8.54. The third kappa shape index (κ3) is 6.46. The Kier molecular flexibility index (Phi) is 7.90. The molecule has 0 spiro atoms. The van der Waals surface area contributed by atoms with Crippen LogP contribution in [0.4, 0.5) is 0 Å². The average molecular weight is 198 g/mol. The van der Waals surface area contributed by atoms with Crippen LogP contribution in [0.1, 0.15) is 19.8 Å². The van der Waals surface area contributed by atoms with Gasteiger partial charge in [0.2, 0.25) is 5.91 Å². The number of nitrogens with two attached hydrogens (primary N) is 1. The molecule has 0 radical (unpaired) electrons. The number of amides is 1. The lowest BCUT2D eigenvalue weighted by molar-refractivity contribution is -0.122. The number of hydrogen-bond donors (Lipinski definition) is 2. The molecule has 0 saturated heterocycles. The van der Waals surface area contributed by atoms with Crippen LogP contribution in [-0.4, -0.2) is 31.7 Å². The van der Waals surface area contributed by atoms with E-state index >= 15 is 0 Å². The number of carbonyl (C=O) groups excluding carboxylic acids is 1. The maximum absolute atomic E-state index is 11.2. The standard InChI is InChI=1S/C10H18N2O2/c1-3-6-9(11)10(13)12-7-5-8-14-4-2/h1,9H,4-8,11H2,2H3,(H,12,13). The smallest absolute Gasteiger partial charge is 0.237 e. The zero-order valence-corrected chi connectivity index (χ0v) is 8.58. The Morgan fingerprint density at radius 3 is 3.00 bits per heavy atom. The monoisotopic (exact) mass is 198 g/mol. The predicted molar refractivity (Wildman–Crippen MR) is 55.5 cm³/mol. The third-order valence-electron chi connectivity index (χ3n) is 1.64.